The van der Waals surface area contributed by atoms with Gasteiger partial charge in [-0.2, -0.15) is 0 Å². The number of hydrogen-bond donors (Lipinski definition) is 2. The van der Waals surface area contributed by atoms with Crippen molar-refractivity contribution in [2.75, 3.05) is 20.3 Å². The second kappa shape index (κ2) is 9.67. The molecule has 2 rings (SSSR count). The van der Waals surface area contributed by atoms with Gasteiger partial charge in [0.1, 0.15) is 5.75 Å². The van der Waals surface area contributed by atoms with Crippen LogP contribution >= 0.6 is 15.9 Å². The second-order valence-electron chi connectivity index (χ2n) is 5.23. The predicted molar refractivity (Wildman–Crippen MR) is 99.1 cm³/mol. The van der Waals surface area contributed by atoms with Gasteiger partial charge in [0, 0.05) is 4.47 Å². The molecular formula is C18H19BrN2O5. The summed E-state index contributed by atoms with van der Waals surface area (Å²) in [5.74, 6) is 0.546. The number of benzene rings is 2. The molecule has 0 fully saturated rings. The highest BCUT2D eigenvalue weighted by Gasteiger charge is 2.09. The molecule has 138 valence electrons. The van der Waals surface area contributed by atoms with Gasteiger partial charge in [-0.3, -0.25) is 20.4 Å². The van der Waals surface area contributed by atoms with E-state index in [0.717, 1.165) is 10.0 Å². The second-order valence-corrected chi connectivity index (χ2v) is 6.15. The van der Waals surface area contributed by atoms with Gasteiger partial charge in [-0.05, 0) is 42.8 Å². The predicted octanol–water partition coefficient (Wildman–Crippen LogP) is 2.37. The van der Waals surface area contributed by atoms with Crippen LogP contribution in [0.3, 0.4) is 0 Å². The molecule has 0 heterocycles. The zero-order valence-corrected chi connectivity index (χ0v) is 16.0. The average Bonchev–Trinajstić information content (AvgIpc) is 2.64. The van der Waals surface area contributed by atoms with Crippen molar-refractivity contribution in [3.05, 3.63) is 52.5 Å². The van der Waals surface area contributed by atoms with E-state index in [1.807, 2.05) is 19.1 Å². The molecule has 0 unspecified atom stereocenters. The molecule has 0 bridgehead atoms. The summed E-state index contributed by atoms with van der Waals surface area (Å²) in [5.41, 5.74) is 5.41. The maximum Gasteiger partial charge on any atom is 0.276 e. The fourth-order valence-electron chi connectivity index (χ4n) is 2.01. The van der Waals surface area contributed by atoms with Gasteiger partial charge < -0.3 is 14.2 Å². The molecule has 0 saturated carbocycles. The van der Waals surface area contributed by atoms with Gasteiger partial charge >= 0.3 is 0 Å². The van der Waals surface area contributed by atoms with Crippen LogP contribution in [-0.2, 0) is 9.59 Å². The monoisotopic (exact) mass is 422 g/mol. The maximum absolute atomic E-state index is 11.8. The van der Waals surface area contributed by atoms with Crippen molar-refractivity contribution in [1.29, 1.82) is 0 Å². The van der Waals surface area contributed by atoms with Gasteiger partial charge in [0.25, 0.3) is 11.8 Å². The first-order chi connectivity index (χ1) is 12.5. The number of halogens is 1. The summed E-state index contributed by atoms with van der Waals surface area (Å²) in [7, 11) is 1.51. The highest BCUT2D eigenvalue weighted by atomic mass is 79.9. The number of para-hydroxylation sites is 2. The number of aryl methyl sites for hydroxylation is 1. The first kappa shape index (κ1) is 19.6. The van der Waals surface area contributed by atoms with Crippen LogP contribution in [0.15, 0.2) is 46.9 Å². The molecule has 0 aliphatic carbocycles. The van der Waals surface area contributed by atoms with Gasteiger partial charge in [-0.25, -0.2) is 0 Å². The molecule has 0 radical (unpaired) electrons. The normalized spacial score (nSPS) is 9.96. The number of nitrogens with one attached hydrogen (secondary N) is 2. The van der Waals surface area contributed by atoms with Gasteiger partial charge in [0.15, 0.2) is 24.7 Å². The van der Waals surface area contributed by atoms with Crippen molar-refractivity contribution in [2.24, 2.45) is 0 Å². The lowest BCUT2D eigenvalue weighted by atomic mass is 10.2. The number of carbonyl (C=O) groups is 2. The third-order valence-corrected chi connectivity index (χ3v) is 3.76. The van der Waals surface area contributed by atoms with Crippen LogP contribution in [0, 0.1) is 6.92 Å². The lowest BCUT2D eigenvalue weighted by Gasteiger charge is -2.12. The molecule has 0 atom stereocenters. The number of hydrazine groups is 1. The lowest BCUT2D eigenvalue weighted by Crippen LogP contribution is -2.45. The largest absolute Gasteiger partial charge is 0.493 e. The van der Waals surface area contributed by atoms with Gasteiger partial charge in [-0.15, -0.1) is 0 Å². The third kappa shape index (κ3) is 5.96. The lowest BCUT2D eigenvalue weighted by molar-refractivity contribution is -0.131. The molecule has 2 amide bonds. The number of rotatable bonds is 7. The van der Waals surface area contributed by atoms with E-state index >= 15 is 0 Å². The van der Waals surface area contributed by atoms with Crippen LogP contribution in [0.4, 0.5) is 0 Å². The van der Waals surface area contributed by atoms with E-state index in [1.165, 1.54) is 7.11 Å². The quantitative estimate of drug-likeness (QED) is 0.668. The van der Waals surface area contributed by atoms with Crippen molar-refractivity contribution in [1.82, 2.24) is 10.9 Å². The summed E-state index contributed by atoms with van der Waals surface area (Å²) in [6.07, 6.45) is 0. The van der Waals surface area contributed by atoms with Crippen LogP contribution in [0.1, 0.15) is 5.56 Å². The van der Waals surface area contributed by atoms with Crippen LogP contribution in [0.25, 0.3) is 0 Å². The van der Waals surface area contributed by atoms with E-state index in [2.05, 4.69) is 26.8 Å². The Morgan fingerprint density at radius 2 is 1.50 bits per heavy atom. The van der Waals surface area contributed by atoms with Crippen molar-refractivity contribution >= 4 is 27.7 Å². The van der Waals surface area contributed by atoms with E-state index < -0.39 is 11.8 Å². The molecule has 0 saturated heterocycles. The Labute approximate surface area is 159 Å². The smallest absolute Gasteiger partial charge is 0.276 e. The standard InChI is InChI=1S/C18H19BrN2O5/c1-12-9-13(19)7-8-14(12)25-10-17(22)20-21-18(23)11-26-16-6-4-3-5-15(16)24-2/h3-9H,10-11H2,1-2H3,(H,20,22)(H,21,23). The van der Waals surface area contributed by atoms with Crippen LogP contribution < -0.4 is 25.1 Å². The maximum atomic E-state index is 11.8. The summed E-state index contributed by atoms with van der Waals surface area (Å²) >= 11 is 3.36. The summed E-state index contributed by atoms with van der Waals surface area (Å²) < 4.78 is 16.8. The summed E-state index contributed by atoms with van der Waals surface area (Å²) in [5, 5.41) is 0. The highest BCUT2D eigenvalue weighted by molar-refractivity contribution is 9.10. The van der Waals surface area contributed by atoms with Gasteiger partial charge in [0.2, 0.25) is 0 Å². The fourth-order valence-corrected chi connectivity index (χ4v) is 2.49. The highest BCUT2D eigenvalue weighted by Crippen LogP contribution is 2.25. The fraction of sp³-hybridized carbons (Fsp3) is 0.222. The number of methoxy groups -OCH3 is 1. The summed E-state index contributed by atoms with van der Waals surface area (Å²) in [6, 6.07) is 12.4. The SMILES string of the molecule is COc1ccccc1OCC(=O)NNC(=O)COc1ccc(Br)cc1C. The minimum Gasteiger partial charge on any atom is -0.493 e. The number of amides is 2. The zero-order valence-electron chi connectivity index (χ0n) is 14.4. The summed E-state index contributed by atoms with van der Waals surface area (Å²) in [4.78, 5) is 23.5. The molecule has 26 heavy (non-hydrogen) atoms. The Morgan fingerprint density at radius 1 is 0.923 bits per heavy atom. The molecule has 2 N–H and O–H groups in total. The molecule has 2 aromatic carbocycles. The van der Waals surface area contributed by atoms with Gasteiger partial charge in [-0.1, -0.05) is 28.1 Å². The van der Waals surface area contributed by atoms with E-state index in [0.29, 0.717) is 17.2 Å². The molecular weight excluding hydrogens is 404 g/mol. The third-order valence-electron chi connectivity index (χ3n) is 3.26. The minimum absolute atomic E-state index is 0.226. The van der Waals surface area contributed by atoms with E-state index in [4.69, 9.17) is 14.2 Å². The topological polar surface area (TPSA) is 85.9 Å². The number of carbonyl (C=O) groups excluding carboxylic acids is 2. The molecule has 0 aliphatic rings. The summed E-state index contributed by atoms with van der Waals surface area (Å²) in [6.45, 7) is 1.37. The molecule has 0 aliphatic heterocycles. The van der Waals surface area contributed by atoms with Crippen molar-refractivity contribution in [2.45, 2.75) is 6.92 Å². The Balaban J connectivity index is 1.72. The molecule has 0 spiro atoms. The Hall–Kier alpha value is -2.74. The number of ether oxygens (including phenoxy) is 3. The van der Waals surface area contributed by atoms with Crippen molar-refractivity contribution in [3.63, 3.8) is 0 Å². The van der Waals surface area contributed by atoms with Gasteiger partial charge in [0.05, 0.1) is 7.11 Å². The van der Waals surface area contributed by atoms with Crippen LogP contribution in [-0.4, -0.2) is 32.1 Å². The van der Waals surface area contributed by atoms with E-state index in [9.17, 15) is 9.59 Å². The van der Waals surface area contributed by atoms with Crippen molar-refractivity contribution < 1.29 is 23.8 Å². The molecule has 7 nitrogen and oxygen atoms in total. The molecule has 0 aromatic heterocycles. The zero-order chi connectivity index (χ0) is 18.9. The first-order valence-corrected chi connectivity index (χ1v) is 8.51. The van der Waals surface area contributed by atoms with Crippen LogP contribution in [0.2, 0.25) is 0 Å². The number of hydrogen-bond acceptors (Lipinski definition) is 5. The van der Waals surface area contributed by atoms with E-state index in [-0.39, 0.29) is 13.2 Å². The molecule has 2 aromatic rings. The average molecular weight is 423 g/mol. The minimum atomic E-state index is -0.510. The Bertz CT molecular complexity index is 782. The van der Waals surface area contributed by atoms with Crippen molar-refractivity contribution in [3.8, 4) is 17.2 Å². The Kier molecular flexibility index (Phi) is 7.28. The molecule has 8 heteroatoms. The van der Waals surface area contributed by atoms with Crippen LogP contribution in [0.5, 0.6) is 17.2 Å². The Morgan fingerprint density at radius 3 is 2.08 bits per heavy atom. The first-order valence-electron chi connectivity index (χ1n) is 7.72. The van der Waals surface area contributed by atoms with E-state index in [1.54, 1.807) is 30.3 Å².